The summed E-state index contributed by atoms with van der Waals surface area (Å²) in [6, 6.07) is 10.3. The number of carbonyl (C=O) groups excluding carboxylic acids is 3. The van der Waals surface area contributed by atoms with E-state index in [-0.39, 0.29) is 52.0 Å². The molecule has 0 bridgehead atoms. The molecule has 0 aliphatic heterocycles. The van der Waals surface area contributed by atoms with Gasteiger partial charge in [0.1, 0.15) is 5.75 Å². The van der Waals surface area contributed by atoms with Gasteiger partial charge in [-0.1, -0.05) is 6.92 Å². The van der Waals surface area contributed by atoms with Crippen molar-refractivity contribution in [3.05, 3.63) is 53.1 Å². The minimum atomic E-state index is -0.609. The SMILES string of the molecule is CCC(=O)Nc1ccc(NC(=O)c2cc(C(=O)NC)ccc2C#N)cc1O. The molecule has 0 radical (unpaired) electrons. The maximum Gasteiger partial charge on any atom is 0.257 e. The molecule has 3 amide bonds. The number of anilines is 2. The van der Waals surface area contributed by atoms with Crippen LogP contribution in [0.2, 0.25) is 0 Å². The van der Waals surface area contributed by atoms with Gasteiger partial charge < -0.3 is 21.1 Å². The fourth-order valence-corrected chi connectivity index (χ4v) is 2.27. The summed E-state index contributed by atoms with van der Waals surface area (Å²) < 4.78 is 0. The number of nitriles is 1. The predicted octanol–water partition coefficient (Wildman–Crippen LogP) is 2.22. The lowest BCUT2D eigenvalue weighted by Gasteiger charge is -2.11. The fraction of sp³-hybridized carbons (Fsp3) is 0.158. The Morgan fingerprint density at radius 3 is 2.41 bits per heavy atom. The second-order valence-corrected chi connectivity index (χ2v) is 5.54. The topological polar surface area (TPSA) is 131 Å². The fourth-order valence-electron chi connectivity index (χ4n) is 2.27. The number of aromatic hydroxyl groups is 1. The number of carbonyl (C=O) groups is 3. The third kappa shape index (κ3) is 4.61. The Bertz CT molecular complexity index is 947. The second-order valence-electron chi connectivity index (χ2n) is 5.54. The highest BCUT2D eigenvalue weighted by Crippen LogP contribution is 2.27. The molecule has 2 aromatic rings. The van der Waals surface area contributed by atoms with Gasteiger partial charge in [0.2, 0.25) is 5.91 Å². The number of nitrogens with one attached hydrogen (secondary N) is 3. The summed E-state index contributed by atoms with van der Waals surface area (Å²) in [6.07, 6.45) is 0.260. The van der Waals surface area contributed by atoms with E-state index in [0.717, 1.165) is 0 Å². The van der Waals surface area contributed by atoms with Crippen LogP contribution < -0.4 is 16.0 Å². The number of rotatable bonds is 5. The quantitative estimate of drug-likeness (QED) is 0.603. The minimum absolute atomic E-state index is 0.0291. The molecule has 27 heavy (non-hydrogen) atoms. The zero-order valence-corrected chi connectivity index (χ0v) is 14.8. The molecule has 8 nitrogen and oxygen atoms in total. The molecule has 2 aromatic carbocycles. The zero-order valence-electron chi connectivity index (χ0n) is 14.8. The van der Waals surface area contributed by atoms with Crippen LogP contribution in [0.5, 0.6) is 5.75 Å². The summed E-state index contributed by atoms with van der Waals surface area (Å²) in [6.45, 7) is 1.68. The van der Waals surface area contributed by atoms with Crippen LogP contribution >= 0.6 is 0 Å². The third-order valence-electron chi connectivity index (χ3n) is 3.72. The predicted molar refractivity (Wildman–Crippen MR) is 99.5 cm³/mol. The average molecular weight is 366 g/mol. The van der Waals surface area contributed by atoms with Crippen molar-refractivity contribution in [3.8, 4) is 11.8 Å². The highest BCUT2D eigenvalue weighted by molar-refractivity contribution is 6.08. The Kier molecular flexibility index (Phi) is 6.12. The van der Waals surface area contributed by atoms with Crippen molar-refractivity contribution < 1.29 is 19.5 Å². The molecule has 0 fully saturated rings. The maximum atomic E-state index is 12.5. The second kappa shape index (κ2) is 8.49. The molecule has 138 valence electrons. The van der Waals surface area contributed by atoms with E-state index in [9.17, 15) is 24.8 Å². The molecular formula is C19H18N4O4. The van der Waals surface area contributed by atoms with Gasteiger partial charge in [0.05, 0.1) is 22.9 Å². The van der Waals surface area contributed by atoms with Gasteiger partial charge in [-0.2, -0.15) is 5.26 Å². The summed E-state index contributed by atoms with van der Waals surface area (Å²) in [4.78, 5) is 35.7. The van der Waals surface area contributed by atoms with E-state index < -0.39 is 5.91 Å². The van der Waals surface area contributed by atoms with Crippen molar-refractivity contribution in [1.82, 2.24) is 5.32 Å². The van der Waals surface area contributed by atoms with Crippen LogP contribution in [0.25, 0.3) is 0 Å². The van der Waals surface area contributed by atoms with E-state index in [4.69, 9.17) is 0 Å². The van der Waals surface area contributed by atoms with Crippen LogP contribution in [0.3, 0.4) is 0 Å². The number of hydrogen-bond acceptors (Lipinski definition) is 5. The van der Waals surface area contributed by atoms with E-state index in [2.05, 4.69) is 16.0 Å². The van der Waals surface area contributed by atoms with Gasteiger partial charge in [-0.05, 0) is 30.3 Å². The van der Waals surface area contributed by atoms with Crippen LogP contribution in [-0.4, -0.2) is 29.9 Å². The molecule has 0 saturated carbocycles. The first-order valence-corrected chi connectivity index (χ1v) is 8.10. The van der Waals surface area contributed by atoms with Gasteiger partial charge in [0.25, 0.3) is 11.8 Å². The molecule has 0 unspecified atom stereocenters. The Morgan fingerprint density at radius 1 is 1.07 bits per heavy atom. The normalized spacial score (nSPS) is 9.81. The van der Waals surface area contributed by atoms with Crippen LogP contribution in [0, 0.1) is 11.3 Å². The first kappa shape index (κ1) is 19.5. The molecule has 0 atom stereocenters. The van der Waals surface area contributed by atoms with Crippen molar-refractivity contribution in [2.45, 2.75) is 13.3 Å². The van der Waals surface area contributed by atoms with Gasteiger partial charge in [-0.3, -0.25) is 14.4 Å². The Morgan fingerprint density at radius 2 is 1.81 bits per heavy atom. The molecule has 0 saturated heterocycles. The Balaban J connectivity index is 2.27. The van der Waals surface area contributed by atoms with E-state index in [0.29, 0.717) is 0 Å². The highest BCUT2D eigenvalue weighted by atomic mass is 16.3. The number of amides is 3. The van der Waals surface area contributed by atoms with Crippen LogP contribution in [0.1, 0.15) is 39.6 Å². The van der Waals surface area contributed by atoms with Gasteiger partial charge in [0.15, 0.2) is 0 Å². The van der Waals surface area contributed by atoms with Gasteiger partial charge >= 0.3 is 0 Å². The summed E-state index contributed by atoms with van der Waals surface area (Å²) in [5.41, 5.74) is 0.861. The average Bonchev–Trinajstić information content (AvgIpc) is 2.68. The lowest BCUT2D eigenvalue weighted by Crippen LogP contribution is -2.20. The molecule has 0 aliphatic rings. The van der Waals surface area contributed by atoms with Crippen molar-refractivity contribution in [3.63, 3.8) is 0 Å². The third-order valence-corrected chi connectivity index (χ3v) is 3.72. The van der Waals surface area contributed by atoms with Crippen LogP contribution in [0.4, 0.5) is 11.4 Å². The van der Waals surface area contributed by atoms with Gasteiger partial charge in [0, 0.05) is 30.8 Å². The standard InChI is InChI=1S/C19H18N4O4/c1-3-17(25)23-15-7-6-13(9-16(15)24)22-19(27)14-8-11(18(26)21-2)4-5-12(14)10-20/h4-9,24H,3H2,1-2H3,(H,21,26)(H,22,27)(H,23,25). The first-order valence-electron chi connectivity index (χ1n) is 8.10. The highest BCUT2D eigenvalue weighted by Gasteiger charge is 2.16. The molecule has 8 heteroatoms. The molecule has 0 spiro atoms. The summed E-state index contributed by atoms with van der Waals surface area (Å²) in [5.74, 6) is -1.47. The summed E-state index contributed by atoms with van der Waals surface area (Å²) in [7, 11) is 1.46. The Hall–Kier alpha value is -3.86. The monoisotopic (exact) mass is 366 g/mol. The zero-order chi connectivity index (χ0) is 20.0. The number of nitrogens with zero attached hydrogens (tertiary/aromatic N) is 1. The van der Waals surface area contributed by atoms with Gasteiger partial charge in [-0.25, -0.2) is 0 Å². The minimum Gasteiger partial charge on any atom is -0.506 e. The molecule has 4 N–H and O–H groups in total. The maximum absolute atomic E-state index is 12.5. The molecule has 0 aliphatic carbocycles. The van der Waals surface area contributed by atoms with Gasteiger partial charge in [-0.15, -0.1) is 0 Å². The van der Waals surface area contributed by atoms with Crippen molar-refractivity contribution >= 4 is 29.1 Å². The molecule has 0 aromatic heterocycles. The first-order chi connectivity index (χ1) is 12.9. The lowest BCUT2D eigenvalue weighted by molar-refractivity contribution is -0.115. The summed E-state index contributed by atoms with van der Waals surface area (Å²) in [5, 5.41) is 26.7. The van der Waals surface area contributed by atoms with Crippen LogP contribution in [0.15, 0.2) is 36.4 Å². The number of hydrogen-bond donors (Lipinski definition) is 4. The van der Waals surface area contributed by atoms with Crippen molar-refractivity contribution in [2.75, 3.05) is 17.7 Å². The molecular weight excluding hydrogens is 348 g/mol. The molecule has 2 rings (SSSR count). The van der Waals surface area contributed by atoms with E-state index in [1.54, 1.807) is 6.92 Å². The number of benzene rings is 2. The van der Waals surface area contributed by atoms with E-state index >= 15 is 0 Å². The number of phenols is 1. The van der Waals surface area contributed by atoms with Crippen molar-refractivity contribution in [1.29, 1.82) is 5.26 Å². The van der Waals surface area contributed by atoms with E-state index in [1.807, 2.05) is 6.07 Å². The summed E-state index contributed by atoms with van der Waals surface area (Å²) >= 11 is 0. The van der Waals surface area contributed by atoms with E-state index in [1.165, 1.54) is 43.4 Å². The number of phenolic OH excluding ortho intramolecular Hbond substituents is 1. The Labute approximate surface area is 155 Å². The van der Waals surface area contributed by atoms with Crippen LogP contribution in [-0.2, 0) is 4.79 Å². The lowest BCUT2D eigenvalue weighted by atomic mass is 10.0. The largest absolute Gasteiger partial charge is 0.506 e. The smallest absolute Gasteiger partial charge is 0.257 e. The van der Waals surface area contributed by atoms with Crippen molar-refractivity contribution in [2.24, 2.45) is 0 Å². The molecule has 0 heterocycles.